The van der Waals surface area contributed by atoms with Gasteiger partial charge in [-0.05, 0) is 43.6 Å². The molecule has 0 unspecified atom stereocenters. The molecule has 0 atom stereocenters. The minimum Gasteiger partial charge on any atom is -0.497 e. The first-order valence-electron chi connectivity index (χ1n) is 7.29. The summed E-state index contributed by atoms with van der Waals surface area (Å²) < 4.78 is 15.3. The van der Waals surface area contributed by atoms with Crippen LogP contribution in [0.1, 0.15) is 19.4 Å². The molecule has 0 saturated heterocycles. The Balaban J connectivity index is 1.85. The molecule has 3 rings (SSSR count). The van der Waals surface area contributed by atoms with E-state index < -0.39 is 5.60 Å². The van der Waals surface area contributed by atoms with Crippen molar-refractivity contribution in [1.82, 2.24) is 9.27 Å². The Morgan fingerprint density at radius 3 is 2.96 bits per heavy atom. The highest BCUT2D eigenvalue weighted by molar-refractivity contribution is 7.10. The van der Waals surface area contributed by atoms with Crippen LogP contribution in [-0.2, 0) is 6.54 Å². The molecule has 1 aliphatic rings. The van der Waals surface area contributed by atoms with E-state index in [1.807, 2.05) is 32.0 Å². The van der Waals surface area contributed by atoms with Crippen LogP contribution in [0.5, 0.6) is 11.5 Å². The van der Waals surface area contributed by atoms with Crippen molar-refractivity contribution in [2.75, 3.05) is 19.0 Å². The van der Waals surface area contributed by atoms with Crippen molar-refractivity contribution in [3.63, 3.8) is 0 Å². The van der Waals surface area contributed by atoms with Crippen molar-refractivity contribution in [1.29, 1.82) is 0 Å². The topological polar surface area (TPSA) is 63.7 Å². The van der Waals surface area contributed by atoms with E-state index in [1.54, 1.807) is 24.3 Å². The Morgan fingerprint density at radius 2 is 2.26 bits per heavy atom. The summed E-state index contributed by atoms with van der Waals surface area (Å²) in [6.07, 6.45) is 1.66. The Morgan fingerprint density at radius 1 is 1.43 bits per heavy atom. The first-order valence-corrected chi connectivity index (χ1v) is 8.07. The average molecular weight is 333 g/mol. The molecule has 7 heteroatoms. The molecule has 1 aromatic carbocycles. The third-order valence-corrected chi connectivity index (χ3v) is 4.21. The molecule has 1 N–H and O–H groups in total. The Hall–Kier alpha value is -2.28. The van der Waals surface area contributed by atoms with Crippen molar-refractivity contribution < 1.29 is 14.3 Å². The van der Waals surface area contributed by atoms with Crippen molar-refractivity contribution in [2.24, 2.45) is 0 Å². The number of hydrogen-bond acceptors (Lipinski definition) is 5. The van der Waals surface area contributed by atoms with Gasteiger partial charge in [0.1, 0.15) is 22.1 Å². The van der Waals surface area contributed by atoms with E-state index in [2.05, 4.69) is 9.69 Å². The molecule has 0 spiro atoms. The molecule has 23 heavy (non-hydrogen) atoms. The maximum atomic E-state index is 12.6. The second-order valence-corrected chi connectivity index (χ2v) is 6.83. The predicted molar refractivity (Wildman–Crippen MR) is 89.2 cm³/mol. The zero-order chi connectivity index (χ0) is 16.4. The fourth-order valence-electron chi connectivity index (χ4n) is 2.55. The van der Waals surface area contributed by atoms with Crippen LogP contribution in [0.2, 0.25) is 0 Å². The third kappa shape index (κ3) is 3.56. The van der Waals surface area contributed by atoms with E-state index >= 15 is 0 Å². The van der Waals surface area contributed by atoms with Gasteiger partial charge in [-0.3, -0.25) is 5.32 Å². The normalized spacial score (nSPS) is 16.0. The zero-order valence-electron chi connectivity index (χ0n) is 13.3. The van der Waals surface area contributed by atoms with Crippen molar-refractivity contribution >= 4 is 22.6 Å². The number of aromatic nitrogens is 1. The molecule has 0 saturated carbocycles. The van der Waals surface area contributed by atoms with Gasteiger partial charge in [0.05, 0.1) is 20.2 Å². The average Bonchev–Trinajstić information content (AvgIpc) is 2.95. The summed E-state index contributed by atoms with van der Waals surface area (Å²) >= 11 is 1.25. The minimum atomic E-state index is -0.497. The van der Waals surface area contributed by atoms with Gasteiger partial charge in [-0.25, -0.2) is 4.79 Å². The molecule has 2 amide bonds. The second kappa shape index (κ2) is 6.08. The fraction of sp³-hybridized carbons (Fsp3) is 0.375. The maximum absolute atomic E-state index is 12.6. The molecule has 0 radical (unpaired) electrons. The van der Waals surface area contributed by atoms with Crippen LogP contribution in [0.4, 0.5) is 9.80 Å². The summed E-state index contributed by atoms with van der Waals surface area (Å²) in [7, 11) is 1.62. The van der Waals surface area contributed by atoms with E-state index in [4.69, 9.17) is 9.47 Å². The molecule has 2 aromatic rings. The highest BCUT2D eigenvalue weighted by atomic mass is 32.1. The summed E-state index contributed by atoms with van der Waals surface area (Å²) in [5.74, 6) is 1.49. The SMILES string of the molecule is COc1ccc2c(c1)OC(C)(C)CN(C(=O)Nc1ccns1)C2. The van der Waals surface area contributed by atoms with Crippen LogP contribution in [0, 0.1) is 0 Å². The molecule has 6 nitrogen and oxygen atoms in total. The van der Waals surface area contributed by atoms with Crippen molar-refractivity contribution in [3.05, 3.63) is 36.0 Å². The minimum absolute atomic E-state index is 0.158. The summed E-state index contributed by atoms with van der Waals surface area (Å²) in [5.41, 5.74) is 0.457. The lowest BCUT2D eigenvalue weighted by Gasteiger charge is -2.29. The van der Waals surface area contributed by atoms with Gasteiger partial charge in [-0.1, -0.05) is 0 Å². The molecular weight excluding hydrogens is 314 g/mol. The number of urea groups is 1. The quantitative estimate of drug-likeness (QED) is 0.915. The zero-order valence-corrected chi connectivity index (χ0v) is 14.1. The molecule has 0 bridgehead atoms. The summed E-state index contributed by atoms with van der Waals surface area (Å²) in [6.45, 7) is 4.89. The number of benzene rings is 1. The van der Waals surface area contributed by atoms with Crippen LogP contribution in [0.25, 0.3) is 0 Å². The van der Waals surface area contributed by atoms with Gasteiger partial charge in [0, 0.05) is 17.8 Å². The lowest BCUT2D eigenvalue weighted by Crippen LogP contribution is -2.44. The van der Waals surface area contributed by atoms with Crippen LogP contribution in [0.3, 0.4) is 0 Å². The molecule has 0 fully saturated rings. The van der Waals surface area contributed by atoms with Crippen LogP contribution < -0.4 is 14.8 Å². The van der Waals surface area contributed by atoms with Gasteiger partial charge in [-0.15, -0.1) is 0 Å². The van der Waals surface area contributed by atoms with Gasteiger partial charge in [-0.2, -0.15) is 4.37 Å². The molecule has 122 valence electrons. The highest BCUT2D eigenvalue weighted by Crippen LogP contribution is 2.32. The second-order valence-electron chi connectivity index (χ2n) is 6.00. The maximum Gasteiger partial charge on any atom is 0.322 e. The van der Waals surface area contributed by atoms with E-state index in [0.717, 1.165) is 22.1 Å². The molecule has 1 aromatic heterocycles. The van der Waals surface area contributed by atoms with E-state index in [1.165, 1.54) is 11.5 Å². The molecule has 1 aliphatic heterocycles. The smallest absolute Gasteiger partial charge is 0.322 e. The highest BCUT2D eigenvalue weighted by Gasteiger charge is 2.32. The number of fused-ring (bicyclic) bond motifs is 1. The number of anilines is 1. The van der Waals surface area contributed by atoms with Gasteiger partial charge in [0.2, 0.25) is 0 Å². The number of carbonyl (C=O) groups excluding carboxylic acids is 1. The van der Waals surface area contributed by atoms with Crippen molar-refractivity contribution in [3.8, 4) is 11.5 Å². The summed E-state index contributed by atoms with van der Waals surface area (Å²) in [6, 6.07) is 7.29. The summed E-state index contributed by atoms with van der Waals surface area (Å²) in [5, 5.41) is 3.60. The summed E-state index contributed by atoms with van der Waals surface area (Å²) in [4.78, 5) is 14.3. The van der Waals surface area contributed by atoms with Crippen LogP contribution >= 0.6 is 11.5 Å². The number of methoxy groups -OCH3 is 1. The molecule has 2 heterocycles. The number of nitrogens with zero attached hydrogens (tertiary/aromatic N) is 2. The molecular formula is C16H19N3O3S. The van der Waals surface area contributed by atoms with Gasteiger partial charge in [0.15, 0.2) is 0 Å². The van der Waals surface area contributed by atoms with Gasteiger partial charge in [0.25, 0.3) is 0 Å². The number of nitrogens with one attached hydrogen (secondary N) is 1. The number of rotatable bonds is 2. The number of carbonyl (C=O) groups is 1. The fourth-order valence-corrected chi connectivity index (χ4v) is 3.04. The predicted octanol–water partition coefficient (Wildman–Crippen LogP) is 3.36. The first-order chi connectivity index (χ1) is 11.0. The lowest BCUT2D eigenvalue weighted by molar-refractivity contribution is 0.0833. The van der Waals surface area contributed by atoms with Crippen molar-refractivity contribution in [2.45, 2.75) is 26.0 Å². The molecule has 0 aliphatic carbocycles. The lowest BCUT2D eigenvalue weighted by atomic mass is 10.1. The monoisotopic (exact) mass is 333 g/mol. The standard InChI is InChI=1S/C16H19N3O3S/c1-16(2)10-19(15(20)18-14-6-7-17-23-14)9-11-4-5-12(21-3)8-13(11)22-16/h4-8H,9-10H2,1-3H3,(H,18,20). The Bertz CT molecular complexity index is 701. The largest absolute Gasteiger partial charge is 0.497 e. The van der Waals surface area contributed by atoms with Crippen LogP contribution in [0.15, 0.2) is 30.5 Å². The van der Waals surface area contributed by atoms with E-state index in [0.29, 0.717) is 13.1 Å². The van der Waals surface area contributed by atoms with Gasteiger partial charge < -0.3 is 14.4 Å². The Kier molecular flexibility index (Phi) is 4.12. The van der Waals surface area contributed by atoms with E-state index in [9.17, 15) is 4.79 Å². The number of amides is 2. The third-order valence-electron chi connectivity index (χ3n) is 3.55. The van der Waals surface area contributed by atoms with E-state index in [-0.39, 0.29) is 6.03 Å². The Labute approximate surface area is 139 Å². The van der Waals surface area contributed by atoms with Gasteiger partial charge >= 0.3 is 6.03 Å². The number of ether oxygens (including phenoxy) is 2. The number of hydrogen-bond donors (Lipinski definition) is 1. The van der Waals surface area contributed by atoms with Crippen LogP contribution in [-0.4, -0.2) is 34.6 Å². The first kappa shape index (κ1) is 15.6.